The number of fused-ring (bicyclic) bond motifs is 1. The van der Waals surface area contributed by atoms with E-state index in [9.17, 15) is 4.39 Å². The van der Waals surface area contributed by atoms with Crippen molar-refractivity contribution in [2.75, 3.05) is 0 Å². The van der Waals surface area contributed by atoms with Crippen molar-refractivity contribution in [1.82, 2.24) is 9.55 Å². The summed E-state index contributed by atoms with van der Waals surface area (Å²) in [6.45, 7) is 0. The summed E-state index contributed by atoms with van der Waals surface area (Å²) in [5.74, 6) is 0.558. The normalized spacial score (nSPS) is 11.0. The Hall–Kier alpha value is -3.72. The van der Waals surface area contributed by atoms with Crippen molar-refractivity contribution in [3.8, 4) is 28.2 Å². The lowest BCUT2D eigenvalue weighted by Gasteiger charge is -2.12. The molecular weight excluding hydrogens is 347 g/mol. The van der Waals surface area contributed by atoms with E-state index in [2.05, 4.69) is 33.8 Å². The molecule has 0 aliphatic heterocycles. The topological polar surface area (TPSA) is 17.8 Å². The highest BCUT2D eigenvalue weighted by Crippen LogP contribution is 2.42. The molecule has 0 spiro atoms. The van der Waals surface area contributed by atoms with Crippen LogP contribution in [0.2, 0.25) is 0 Å². The van der Waals surface area contributed by atoms with Gasteiger partial charge < -0.3 is 0 Å². The average Bonchev–Trinajstić information content (AvgIpc) is 3.10. The molecule has 0 atom stereocenters. The maximum absolute atomic E-state index is 14.3. The molecule has 5 aromatic rings. The predicted octanol–water partition coefficient (Wildman–Crippen LogP) is 6.50. The van der Waals surface area contributed by atoms with Gasteiger partial charge in [-0.2, -0.15) is 0 Å². The van der Waals surface area contributed by atoms with Gasteiger partial charge in [0.15, 0.2) is 0 Å². The van der Waals surface area contributed by atoms with Crippen molar-refractivity contribution in [2.24, 2.45) is 0 Å². The lowest BCUT2D eigenvalue weighted by Crippen LogP contribution is -1.99. The maximum atomic E-state index is 14.3. The SMILES string of the molecule is Fc1ccc2c(c1)c(-c1ccccc1)c(-c1ccccc1)n2-c1ccccn1. The van der Waals surface area contributed by atoms with Crippen molar-refractivity contribution < 1.29 is 4.39 Å². The standard InChI is InChI=1S/C25H17FN2/c26-20-14-15-22-21(17-20)24(18-9-3-1-4-10-18)25(19-11-5-2-6-12-19)28(22)23-13-7-8-16-27-23/h1-17H. The number of benzene rings is 3. The minimum absolute atomic E-state index is 0.248. The van der Waals surface area contributed by atoms with Crippen LogP contribution in [0.4, 0.5) is 4.39 Å². The fourth-order valence-corrected chi connectivity index (χ4v) is 3.75. The van der Waals surface area contributed by atoms with Gasteiger partial charge in [0.1, 0.15) is 11.6 Å². The third-order valence-electron chi connectivity index (χ3n) is 4.92. The van der Waals surface area contributed by atoms with Gasteiger partial charge >= 0.3 is 0 Å². The Morgan fingerprint density at radius 3 is 2.04 bits per heavy atom. The first-order chi connectivity index (χ1) is 13.8. The fourth-order valence-electron chi connectivity index (χ4n) is 3.75. The number of hydrogen-bond donors (Lipinski definition) is 0. The summed E-state index contributed by atoms with van der Waals surface area (Å²) in [6.07, 6.45) is 1.78. The van der Waals surface area contributed by atoms with Gasteiger partial charge in [-0.25, -0.2) is 9.37 Å². The van der Waals surface area contributed by atoms with Crippen LogP contribution in [-0.4, -0.2) is 9.55 Å². The molecular formula is C25H17FN2. The van der Waals surface area contributed by atoms with E-state index in [1.807, 2.05) is 60.7 Å². The first kappa shape index (κ1) is 16.5. The molecule has 0 radical (unpaired) electrons. The Morgan fingerprint density at radius 1 is 0.679 bits per heavy atom. The third kappa shape index (κ3) is 2.69. The van der Waals surface area contributed by atoms with Crippen LogP contribution in [0.5, 0.6) is 0 Å². The monoisotopic (exact) mass is 364 g/mol. The average molecular weight is 364 g/mol. The highest BCUT2D eigenvalue weighted by molar-refractivity contribution is 6.05. The van der Waals surface area contributed by atoms with Crippen LogP contribution >= 0.6 is 0 Å². The molecule has 0 fully saturated rings. The van der Waals surface area contributed by atoms with E-state index < -0.39 is 0 Å². The van der Waals surface area contributed by atoms with E-state index in [4.69, 9.17) is 0 Å². The van der Waals surface area contributed by atoms with Crippen LogP contribution in [0.3, 0.4) is 0 Å². The highest BCUT2D eigenvalue weighted by Gasteiger charge is 2.21. The van der Waals surface area contributed by atoms with E-state index in [0.717, 1.165) is 39.1 Å². The molecule has 28 heavy (non-hydrogen) atoms. The van der Waals surface area contributed by atoms with Crippen LogP contribution < -0.4 is 0 Å². The summed E-state index contributed by atoms with van der Waals surface area (Å²) in [5.41, 5.74) is 5.05. The van der Waals surface area contributed by atoms with Gasteiger partial charge in [-0.05, 0) is 41.5 Å². The molecule has 0 aliphatic carbocycles. The molecule has 0 aliphatic rings. The molecule has 0 N–H and O–H groups in total. The lowest BCUT2D eigenvalue weighted by molar-refractivity contribution is 0.629. The molecule has 3 aromatic carbocycles. The van der Waals surface area contributed by atoms with Gasteiger partial charge in [0.25, 0.3) is 0 Å². The Kier molecular flexibility index (Phi) is 3.99. The van der Waals surface area contributed by atoms with E-state index in [1.165, 1.54) is 6.07 Å². The van der Waals surface area contributed by atoms with Gasteiger partial charge in [-0.15, -0.1) is 0 Å². The Morgan fingerprint density at radius 2 is 1.36 bits per heavy atom. The van der Waals surface area contributed by atoms with Gasteiger partial charge in [0.05, 0.1) is 11.2 Å². The number of aromatic nitrogens is 2. The van der Waals surface area contributed by atoms with Crippen molar-refractivity contribution in [1.29, 1.82) is 0 Å². The zero-order valence-electron chi connectivity index (χ0n) is 15.1. The van der Waals surface area contributed by atoms with Gasteiger partial charge in [-0.3, -0.25) is 4.57 Å². The van der Waals surface area contributed by atoms with Gasteiger partial charge in [0, 0.05) is 17.1 Å². The molecule has 2 nitrogen and oxygen atoms in total. The van der Waals surface area contributed by atoms with Gasteiger partial charge in [-0.1, -0.05) is 66.7 Å². The highest BCUT2D eigenvalue weighted by atomic mass is 19.1. The second kappa shape index (κ2) is 6.78. The van der Waals surface area contributed by atoms with Crippen LogP contribution in [0, 0.1) is 5.82 Å². The van der Waals surface area contributed by atoms with E-state index in [0.29, 0.717) is 0 Å². The molecule has 2 heterocycles. The third-order valence-corrected chi connectivity index (χ3v) is 4.92. The molecule has 134 valence electrons. The van der Waals surface area contributed by atoms with Crippen LogP contribution in [0.25, 0.3) is 39.1 Å². The molecule has 3 heteroatoms. The Balaban J connectivity index is 1.98. The van der Waals surface area contributed by atoms with Crippen molar-refractivity contribution in [2.45, 2.75) is 0 Å². The number of halogens is 1. The van der Waals surface area contributed by atoms with Gasteiger partial charge in [0.2, 0.25) is 0 Å². The molecule has 0 bridgehead atoms. The minimum Gasteiger partial charge on any atom is -0.293 e. The number of nitrogens with zero attached hydrogens (tertiary/aromatic N) is 2. The zero-order valence-corrected chi connectivity index (χ0v) is 15.1. The van der Waals surface area contributed by atoms with E-state index in [-0.39, 0.29) is 5.82 Å². The second-order valence-electron chi connectivity index (χ2n) is 6.64. The smallest absolute Gasteiger partial charge is 0.137 e. The summed E-state index contributed by atoms with van der Waals surface area (Å²) in [5, 5.41) is 0.871. The Labute approximate surface area is 162 Å². The molecule has 5 rings (SSSR count). The maximum Gasteiger partial charge on any atom is 0.137 e. The number of rotatable bonds is 3. The summed E-state index contributed by atoms with van der Waals surface area (Å²) < 4.78 is 16.4. The summed E-state index contributed by atoms with van der Waals surface area (Å²) in [6, 6.07) is 31.1. The fraction of sp³-hybridized carbons (Fsp3) is 0. The van der Waals surface area contributed by atoms with Crippen LogP contribution in [-0.2, 0) is 0 Å². The lowest BCUT2D eigenvalue weighted by atomic mass is 9.98. The van der Waals surface area contributed by atoms with Crippen molar-refractivity contribution in [3.05, 3.63) is 109 Å². The number of pyridine rings is 1. The first-order valence-corrected chi connectivity index (χ1v) is 9.19. The number of hydrogen-bond acceptors (Lipinski definition) is 1. The Bertz CT molecular complexity index is 1240. The largest absolute Gasteiger partial charge is 0.293 e. The van der Waals surface area contributed by atoms with E-state index in [1.54, 1.807) is 12.3 Å². The zero-order chi connectivity index (χ0) is 18.9. The molecule has 2 aromatic heterocycles. The molecule has 0 unspecified atom stereocenters. The van der Waals surface area contributed by atoms with Crippen LogP contribution in [0.1, 0.15) is 0 Å². The molecule has 0 saturated heterocycles. The summed E-state index contributed by atoms with van der Waals surface area (Å²) in [7, 11) is 0. The second-order valence-corrected chi connectivity index (χ2v) is 6.64. The van der Waals surface area contributed by atoms with E-state index >= 15 is 0 Å². The quantitative estimate of drug-likeness (QED) is 0.357. The van der Waals surface area contributed by atoms with Crippen LogP contribution in [0.15, 0.2) is 103 Å². The first-order valence-electron chi connectivity index (χ1n) is 9.19. The molecule has 0 amide bonds. The van der Waals surface area contributed by atoms with Crippen molar-refractivity contribution in [3.63, 3.8) is 0 Å². The van der Waals surface area contributed by atoms with Crippen molar-refractivity contribution >= 4 is 10.9 Å². The molecule has 0 saturated carbocycles. The minimum atomic E-state index is -0.248. The summed E-state index contributed by atoms with van der Waals surface area (Å²) >= 11 is 0. The summed E-state index contributed by atoms with van der Waals surface area (Å²) in [4.78, 5) is 4.58. The predicted molar refractivity (Wildman–Crippen MR) is 112 cm³/mol.